The summed E-state index contributed by atoms with van der Waals surface area (Å²) in [6.07, 6.45) is 0.768. The van der Waals surface area contributed by atoms with Crippen LogP contribution in [0.2, 0.25) is 0 Å². The van der Waals surface area contributed by atoms with Gasteiger partial charge in [-0.15, -0.1) is 0 Å². The van der Waals surface area contributed by atoms with E-state index in [0.29, 0.717) is 12.1 Å². The van der Waals surface area contributed by atoms with Gasteiger partial charge in [0.15, 0.2) is 0 Å². The van der Waals surface area contributed by atoms with E-state index in [1.807, 2.05) is 37.3 Å². The second kappa shape index (κ2) is 5.11. The van der Waals surface area contributed by atoms with Crippen molar-refractivity contribution in [2.45, 2.75) is 13.3 Å². The van der Waals surface area contributed by atoms with E-state index in [9.17, 15) is 4.39 Å². The fraction of sp³-hybridized carbons (Fsp3) is 0.200. The van der Waals surface area contributed by atoms with Gasteiger partial charge in [0.1, 0.15) is 5.82 Å². The van der Waals surface area contributed by atoms with E-state index >= 15 is 0 Å². The maximum atomic E-state index is 13.8. The predicted octanol–water partition coefficient (Wildman–Crippen LogP) is 3.30. The van der Waals surface area contributed by atoms with Crippen LogP contribution in [0.3, 0.4) is 0 Å². The Morgan fingerprint density at radius 2 is 1.82 bits per heavy atom. The molecule has 2 heteroatoms. The van der Waals surface area contributed by atoms with Gasteiger partial charge in [-0.2, -0.15) is 0 Å². The SMILES string of the molecule is Cc1ccc(CCN)c(-c2ccccc2F)c1. The van der Waals surface area contributed by atoms with E-state index < -0.39 is 0 Å². The number of hydrogen-bond acceptors (Lipinski definition) is 1. The zero-order valence-corrected chi connectivity index (χ0v) is 9.91. The van der Waals surface area contributed by atoms with Gasteiger partial charge in [0.05, 0.1) is 0 Å². The van der Waals surface area contributed by atoms with Crippen LogP contribution in [0.15, 0.2) is 42.5 Å². The van der Waals surface area contributed by atoms with Crippen LogP contribution in [0.4, 0.5) is 4.39 Å². The van der Waals surface area contributed by atoms with Crippen molar-refractivity contribution in [2.24, 2.45) is 5.73 Å². The number of nitrogens with two attached hydrogens (primary N) is 1. The third-order valence-corrected chi connectivity index (χ3v) is 2.84. The highest BCUT2D eigenvalue weighted by Crippen LogP contribution is 2.27. The molecule has 0 aliphatic carbocycles. The minimum absolute atomic E-state index is 0.184. The molecule has 2 aromatic rings. The third kappa shape index (κ3) is 2.53. The van der Waals surface area contributed by atoms with E-state index in [2.05, 4.69) is 0 Å². The van der Waals surface area contributed by atoms with Crippen LogP contribution in [0, 0.1) is 12.7 Å². The lowest BCUT2D eigenvalue weighted by atomic mass is 9.95. The van der Waals surface area contributed by atoms with Crippen molar-refractivity contribution < 1.29 is 4.39 Å². The standard InChI is InChI=1S/C15H16FN/c1-11-6-7-12(8-9-17)14(10-11)13-4-2-3-5-15(13)16/h2-7,10H,8-9,17H2,1H3. The maximum Gasteiger partial charge on any atom is 0.131 e. The Labute approximate surface area is 101 Å². The van der Waals surface area contributed by atoms with Gasteiger partial charge in [-0.1, -0.05) is 42.0 Å². The largest absolute Gasteiger partial charge is 0.330 e. The molecule has 0 saturated carbocycles. The summed E-state index contributed by atoms with van der Waals surface area (Å²) >= 11 is 0. The first-order chi connectivity index (χ1) is 8.22. The molecule has 0 aliphatic rings. The second-order valence-corrected chi connectivity index (χ2v) is 4.18. The molecule has 0 spiro atoms. The fourth-order valence-electron chi connectivity index (χ4n) is 1.99. The summed E-state index contributed by atoms with van der Waals surface area (Å²) in [5, 5.41) is 0. The quantitative estimate of drug-likeness (QED) is 0.858. The average Bonchev–Trinajstić information content (AvgIpc) is 2.32. The molecule has 1 nitrogen and oxygen atoms in total. The van der Waals surface area contributed by atoms with Gasteiger partial charge in [-0.05, 0) is 37.1 Å². The van der Waals surface area contributed by atoms with E-state index in [1.54, 1.807) is 6.07 Å². The first-order valence-corrected chi connectivity index (χ1v) is 5.77. The molecular weight excluding hydrogens is 213 g/mol. The van der Waals surface area contributed by atoms with Crippen LogP contribution in [0.1, 0.15) is 11.1 Å². The zero-order valence-electron chi connectivity index (χ0n) is 9.91. The lowest BCUT2D eigenvalue weighted by Crippen LogP contribution is -2.04. The van der Waals surface area contributed by atoms with Gasteiger partial charge in [0, 0.05) is 5.56 Å². The number of aryl methyl sites for hydroxylation is 1. The van der Waals surface area contributed by atoms with Crippen molar-refractivity contribution in [1.29, 1.82) is 0 Å². The van der Waals surface area contributed by atoms with Crippen molar-refractivity contribution >= 4 is 0 Å². The van der Waals surface area contributed by atoms with Crippen molar-refractivity contribution in [3.05, 3.63) is 59.4 Å². The average molecular weight is 229 g/mol. The Balaban J connectivity index is 2.57. The van der Waals surface area contributed by atoms with Gasteiger partial charge in [-0.3, -0.25) is 0 Å². The summed E-state index contributed by atoms with van der Waals surface area (Å²) in [6.45, 7) is 2.58. The summed E-state index contributed by atoms with van der Waals surface area (Å²) in [5.74, 6) is -0.184. The van der Waals surface area contributed by atoms with Crippen molar-refractivity contribution in [3.63, 3.8) is 0 Å². The lowest BCUT2D eigenvalue weighted by molar-refractivity contribution is 0.631. The van der Waals surface area contributed by atoms with Crippen LogP contribution in [0.25, 0.3) is 11.1 Å². The highest BCUT2D eigenvalue weighted by Gasteiger charge is 2.08. The maximum absolute atomic E-state index is 13.8. The molecule has 2 rings (SSSR count). The van der Waals surface area contributed by atoms with Crippen molar-refractivity contribution in [1.82, 2.24) is 0 Å². The Kier molecular flexibility index (Phi) is 3.55. The zero-order chi connectivity index (χ0) is 12.3. The highest BCUT2D eigenvalue weighted by molar-refractivity contribution is 5.68. The highest BCUT2D eigenvalue weighted by atomic mass is 19.1. The lowest BCUT2D eigenvalue weighted by Gasteiger charge is -2.11. The molecule has 0 radical (unpaired) electrons. The van der Waals surface area contributed by atoms with Gasteiger partial charge in [0.2, 0.25) is 0 Å². The Morgan fingerprint density at radius 1 is 1.06 bits per heavy atom. The van der Waals surface area contributed by atoms with Crippen LogP contribution in [-0.2, 0) is 6.42 Å². The van der Waals surface area contributed by atoms with Gasteiger partial charge < -0.3 is 5.73 Å². The molecular formula is C15H16FN. The van der Waals surface area contributed by atoms with Crippen LogP contribution >= 0.6 is 0 Å². The molecule has 2 aromatic carbocycles. The minimum Gasteiger partial charge on any atom is -0.330 e. The summed E-state index contributed by atoms with van der Waals surface area (Å²) in [5.41, 5.74) is 9.42. The number of halogens is 1. The first-order valence-electron chi connectivity index (χ1n) is 5.77. The first kappa shape index (κ1) is 11.8. The van der Waals surface area contributed by atoms with Gasteiger partial charge in [0.25, 0.3) is 0 Å². The molecule has 2 N–H and O–H groups in total. The monoisotopic (exact) mass is 229 g/mol. The molecule has 0 saturated heterocycles. The Morgan fingerprint density at radius 3 is 2.53 bits per heavy atom. The number of rotatable bonds is 3. The van der Waals surface area contributed by atoms with Gasteiger partial charge >= 0.3 is 0 Å². The summed E-state index contributed by atoms with van der Waals surface area (Å²) < 4.78 is 13.8. The molecule has 0 unspecified atom stereocenters. The molecule has 0 atom stereocenters. The molecule has 88 valence electrons. The predicted molar refractivity (Wildman–Crippen MR) is 69.3 cm³/mol. The molecule has 17 heavy (non-hydrogen) atoms. The molecule has 0 aliphatic heterocycles. The Bertz CT molecular complexity index is 520. The minimum atomic E-state index is -0.184. The van der Waals surface area contributed by atoms with Crippen molar-refractivity contribution in [2.75, 3.05) is 6.54 Å². The van der Waals surface area contributed by atoms with E-state index in [0.717, 1.165) is 23.1 Å². The van der Waals surface area contributed by atoms with Gasteiger partial charge in [-0.25, -0.2) is 4.39 Å². The molecule has 0 amide bonds. The van der Waals surface area contributed by atoms with E-state index in [4.69, 9.17) is 5.73 Å². The van der Waals surface area contributed by atoms with Crippen LogP contribution < -0.4 is 5.73 Å². The van der Waals surface area contributed by atoms with Crippen LogP contribution in [-0.4, -0.2) is 6.54 Å². The van der Waals surface area contributed by atoms with Crippen LogP contribution in [0.5, 0.6) is 0 Å². The van der Waals surface area contributed by atoms with E-state index in [1.165, 1.54) is 6.07 Å². The molecule has 0 fully saturated rings. The second-order valence-electron chi connectivity index (χ2n) is 4.18. The molecule has 0 bridgehead atoms. The molecule has 0 heterocycles. The third-order valence-electron chi connectivity index (χ3n) is 2.84. The molecule has 0 aromatic heterocycles. The summed E-state index contributed by atoms with van der Waals surface area (Å²) in [6, 6.07) is 12.9. The topological polar surface area (TPSA) is 26.0 Å². The normalized spacial score (nSPS) is 10.5. The van der Waals surface area contributed by atoms with Crippen molar-refractivity contribution in [3.8, 4) is 11.1 Å². The fourth-order valence-corrected chi connectivity index (χ4v) is 1.99. The van der Waals surface area contributed by atoms with E-state index in [-0.39, 0.29) is 5.82 Å². The number of benzene rings is 2. The summed E-state index contributed by atoms with van der Waals surface area (Å²) in [7, 11) is 0. The smallest absolute Gasteiger partial charge is 0.131 e. The number of hydrogen-bond donors (Lipinski definition) is 1. The summed E-state index contributed by atoms with van der Waals surface area (Å²) in [4.78, 5) is 0. The Hall–Kier alpha value is -1.67.